The molecule has 0 aliphatic rings. The molecule has 0 amide bonds. The van der Waals surface area contributed by atoms with Crippen LogP contribution in [0.1, 0.15) is 29.2 Å². The molecule has 4 rings (SSSR count). The van der Waals surface area contributed by atoms with Crippen LogP contribution in [0.5, 0.6) is 0 Å². The zero-order valence-electron chi connectivity index (χ0n) is 19.5. The van der Waals surface area contributed by atoms with Gasteiger partial charge in [-0.15, -0.1) is 0 Å². The summed E-state index contributed by atoms with van der Waals surface area (Å²) in [7, 11) is 6.15. The molecule has 0 aromatic heterocycles. The van der Waals surface area contributed by atoms with Gasteiger partial charge in [-0.05, 0) is 59.5 Å². The van der Waals surface area contributed by atoms with Gasteiger partial charge in [0.25, 0.3) is 0 Å². The molecule has 4 aromatic carbocycles. The van der Waals surface area contributed by atoms with Crippen molar-refractivity contribution < 1.29 is 0 Å². The fourth-order valence-electron chi connectivity index (χ4n) is 4.38. The van der Waals surface area contributed by atoms with E-state index in [0.717, 1.165) is 6.54 Å². The van der Waals surface area contributed by atoms with Crippen LogP contribution in [-0.4, -0.2) is 21.1 Å². The van der Waals surface area contributed by atoms with Gasteiger partial charge in [-0.25, -0.2) is 0 Å². The number of rotatable bonds is 7. The maximum Gasteiger partial charge on any atom is 0.0423 e. The summed E-state index contributed by atoms with van der Waals surface area (Å²) < 4.78 is 0. The van der Waals surface area contributed by atoms with Crippen LogP contribution in [0, 0.1) is 0 Å². The Balaban J connectivity index is 1.80. The molecule has 0 aliphatic heterocycles. The second-order valence-electron chi connectivity index (χ2n) is 8.74. The number of benzene rings is 4. The summed E-state index contributed by atoms with van der Waals surface area (Å²) in [5.41, 5.74) is 8.60. The molecule has 4 aromatic rings. The first-order chi connectivity index (χ1) is 15.5. The maximum absolute atomic E-state index is 3.24. The Morgan fingerprint density at radius 1 is 0.625 bits per heavy atom. The minimum Gasteiger partial charge on any atom is -0.378 e. The van der Waals surface area contributed by atoms with Gasteiger partial charge in [0.1, 0.15) is 0 Å². The molecule has 1 N–H and O–H groups in total. The van der Waals surface area contributed by atoms with Crippen molar-refractivity contribution in [2.45, 2.75) is 18.9 Å². The molecule has 1 atom stereocenters. The molecule has 0 heterocycles. The van der Waals surface area contributed by atoms with E-state index in [4.69, 9.17) is 0 Å². The molecular weight excluding hydrogens is 388 g/mol. The first kappa shape index (κ1) is 21.9. The fraction of sp³-hybridized carbons (Fsp3) is 0.200. The van der Waals surface area contributed by atoms with E-state index >= 15 is 0 Å². The third-order valence-electron chi connectivity index (χ3n) is 6.44. The molecule has 162 valence electrons. The summed E-state index contributed by atoms with van der Waals surface area (Å²) in [5.74, 6) is 0. The molecule has 32 heavy (non-hydrogen) atoms. The van der Waals surface area contributed by atoms with Crippen molar-refractivity contribution in [2.24, 2.45) is 0 Å². The molecule has 2 nitrogen and oxygen atoms in total. The van der Waals surface area contributed by atoms with E-state index in [1.807, 2.05) is 7.05 Å². The highest BCUT2D eigenvalue weighted by Gasteiger charge is 2.31. The zero-order chi connectivity index (χ0) is 22.6. The van der Waals surface area contributed by atoms with Crippen molar-refractivity contribution in [3.8, 4) is 11.1 Å². The van der Waals surface area contributed by atoms with Gasteiger partial charge in [0.05, 0.1) is 0 Å². The molecule has 2 heteroatoms. The van der Waals surface area contributed by atoms with Crippen LogP contribution in [0.15, 0.2) is 103 Å². The summed E-state index contributed by atoms with van der Waals surface area (Å²) in [6.07, 6.45) is 0. The quantitative estimate of drug-likeness (QED) is 0.344. The van der Waals surface area contributed by atoms with E-state index in [0.29, 0.717) is 0 Å². The summed E-state index contributed by atoms with van der Waals surface area (Å²) in [5, 5.41) is 3.24. The number of nitrogens with one attached hydrogen (secondary N) is 1. The van der Waals surface area contributed by atoms with Crippen molar-refractivity contribution in [1.29, 1.82) is 0 Å². The molecule has 0 saturated heterocycles. The van der Waals surface area contributed by atoms with Crippen molar-refractivity contribution >= 4 is 5.69 Å². The lowest BCUT2D eigenvalue weighted by atomic mass is 9.70. The van der Waals surface area contributed by atoms with E-state index < -0.39 is 0 Å². The van der Waals surface area contributed by atoms with Gasteiger partial charge in [-0.1, -0.05) is 91.0 Å². The maximum atomic E-state index is 3.24. The minimum atomic E-state index is -0.252. The Kier molecular flexibility index (Phi) is 6.43. The molecule has 0 radical (unpaired) electrons. The number of hydrogen-bond acceptors (Lipinski definition) is 2. The van der Waals surface area contributed by atoms with Crippen LogP contribution in [0.4, 0.5) is 5.69 Å². The zero-order valence-corrected chi connectivity index (χ0v) is 19.5. The van der Waals surface area contributed by atoms with E-state index in [-0.39, 0.29) is 5.41 Å². The second-order valence-corrected chi connectivity index (χ2v) is 8.74. The Morgan fingerprint density at radius 3 is 1.59 bits per heavy atom. The lowest BCUT2D eigenvalue weighted by Gasteiger charge is -2.32. The van der Waals surface area contributed by atoms with Crippen LogP contribution in [0.25, 0.3) is 11.1 Å². The Bertz CT molecular complexity index is 1130. The predicted octanol–water partition coefficient (Wildman–Crippen LogP) is 6.49. The van der Waals surface area contributed by atoms with Gasteiger partial charge >= 0.3 is 0 Å². The highest BCUT2D eigenvalue weighted by molar-refractivity contribution is 5.65. The van der Waals surface area contributed by atoms with Crippen LogP contribution in [0.2, 0.25) is 0 Å². The van der Waals surface area contributed by atoms with Gasteiger partial charge in [0, 0.05) is 31.7 Å². The monoisotopic (exact) mass is 420 g/mol. The van der Waals surface area contributed by atoms with Gasteiger partial charge in [0.2, 0.25) is 0 Å². The highest BCUT2D eigenvalue weighted by Crippen LogP contribution is 2.40. The largest absolute Gasteiger partial charge is 0.378 e. The Labute approximate surface area is 192 Å². The van der Waals surface area contributed by atoms with E-state index in [2.05, 4.69) is 134 Å². The first-order valence-corrected chi connectivity index (χ1v) is 11.2. The number of anilines is 1. The molecular formula is C30H32N2. The van der Waals surface area contributed by atoms with Gasteiger partial charge in [-0.2, -0.15) is 0 Å². The topological polar surface area (TPSA) is 15.3 Å². The highest BCUT2D eigenvalue weighted by atomic mass is 15.1. The SMILES string of the molecule is CNCc1ccc(C(C)(c2ccc(-c3ccccc3)cc2)c2ccc(N(C)C)cc2)cc1. The van der Waals surface area contributed by atoms with Crippen LogP contribution >= 0.6 is 0 Å². The third-order valence-corrected chi connectivity index (χ3v) is 6.44. The number of nitrogens with zero attached hydrogens (tertiary/aromatic N) is 1. The summed E-state index contributed by atoms with van der Waals surface area (Å²) in [6, 6.07) is 37.6. The predicted molar refractivity (Wildman–Crippen MR) is 137 cm³/mol. The average Bonchev–Trinajstić information content (AvgIpc) is 2.85. The fourth-order valence-corrected chi connectivity index (χ4v) is 4.38. The van der Waals surface area contributed by atoms with E-state index in [1.54, 1.807) is 0 Å². The van der Waals surface area contributed by atoms with Crippen molar-refractivity contribution in [1.82, 2.24) is 5.32 Å². The lowest BCUT2D eigenvalue weighted by molar-refractivity contribution is 0.691. The standard InChI is InChI=1S/C30H32N2/c1-30(26-14-10-23(11-15-26)22-31-2,28-18-20-29(21-19-28)32(3)4)27-16-12-25(13-17-27)24-8-6-5-7-9-24/h5-21,31H,22H2,1-4H3. The molecule has 0 fully saturated rings. The van der Waals surface area contributed by atoms with Crippen LogP contribution < -0.4 is 10.2 Å². The van der Waals surface area contributed by atoms with Crippen molar-refractivity contribution in [3.05, 3.63) is 125 Å². The van der Waals surface area contributed by atoms with Crippen LogP contribution in [-0.2, 0) is 12.0 Å². The van der Waals surface area contributed by atoms with E-state index in [9.17, 15) is 0 Å². The molecule has 0 saturated carbocycles. The average molecular weight is 421 g/mol. The summed E-state index contributed by atoms with van der Waals surface area (Å²) in [6.45, 7) is 3.21. The smallest absolute Gasteiger partial charge is 0.0423 e. The molecule has 1 unspecified atom stereocenters. The second kappa shape index (κ2) is 9.42. The van der Waals surface area contributed by atoms with Crippen molar-refractivity contribution in [3.63, 3.8) is 0 Å². The first-order valence-electron chi connectivity index (χ1n) is 11.2. The number of hydrogen-bond donors (Lipinski definition) is 1. The Morgan fingerprint density at radius 2 is 1.09 bits per heavy atom. The third kappa shape index (κ3) is 4.32. The van der Waals surface area contributed by atoms with Gasteiger partial charge < -0.3 is 10.2 Å². The lowest BCUT2D eigenvalue weighted by Crippen LogP contribution is -2.25. The molecule has 0 aliphatic carbocycles. The summed E-state index contributed by atoms with van der Waals surface area (Å²) in [4.78, 5) is 2.14. The minimum absolute atomic E-state index is 0.252. The van der Waals surface area contributed by atoms with Gasteiger partial charge in [-0.3, -0.25) is 0 Å². The Hall–Kier alpha value is -3.36. The van der Waals surface area contributed by atoms with Crippen LogP contribution in [0.3, 0.4) is 0 Å². The van der Waals surface area contributed by atoms with Crippen molar-refractivity contribution in [2.75, 3.05) is 26.0 Å². The van der Waals surface area contributed by atoms with E-state index in [1.165, 1.54) is 39.1 Å². The molecule has 0 spiro atoms. The summed E-state index contributed by atoms with van der Waals surface area (Å²) >= 11 is 0. The normalized spacial score (nSPS) is 12.9. The van der Waals surface area contributed by atoms with Gasteiger partial charge in [0.15, 0.2) is 0 Å². The molecule has 0 bridgehead atoms.